The van der Waals surface area contributed by atoms with Crippen LogP contribution in [0.15, 0.2) is 59.5 Å². The van der Waals surface area contributed by atoms with Crippen molar-refractivity contribution in [2.75, 3.05) is 6.61 Å². The van der Waals surface area contributed by atoms with Gasteiger partial charge in [0.25, 0.3) is 11.4 Å². The van der Waals surface area contributed by atoms with Gasteiger partial charge < -0.3 is 9.84 Å². The van der Waals surface area contributed by atoms with Crippen LogP contribution in [0.2, 0.25) is 0 Å². The Balaban J connectivity index is 1.95. The van der Waals surface area contributed by atoms with Crippen LogP contribution in [0.3, 0.4) is 0 Å². The Morgan fingerprint density at radius 3 is 2.55 bits per heavy atom. The first-order chi connectivity index (χ1) is 15.0. The summed E-state index contributed by atoms with van der Waals surface area (Å²) < 4.78 is 35.2. The zero-order valence-corrected chi connectivity index (χ0v) is 16.4. The molecule has 0 spiro atoms. The highest BCUT2D eigenvalue weighted by Gasteiger charge is 2.18. The summed E-state index contributed by atoms with van der Waals surface area (Å²) in [6, 6.07) is 11.4. The normalized spacial score (nSPS) is 11.3. The standard InChI is InChI=1S/C23H17F2N3O3/c1-2-31-22-21(29)14(12-13-26-22)10-11-19-27-18-9-4-3-6-15(18)23(30)28(19)20-16(24)7-5-8-17(20)25/h3-13,29H,2H2,1H3/b11-10+. The lowest BCUT2D eigenvalue weighted by Gasteiger charge is -2.13. The van der Waals surface area contributed by atoms with E-state index >= 15 is 0 Å². The maximum Gasteiger partial charge on any atom is 0.266 e. The molecule has 2 aromatic heterocycles. The number of benzene rings is 2. The van der Waals surface area contributed by atoms with Crippen molar-refractivity contribution in [3.05, 3.63) is 88.1 Å². The van der Waals surface area contributed by atoms with E-state index in [0.29, 0.717) is 17.7 Å². The third-order valence-electron chi connectivity index (χ3n) is 4.58. The Morgan fingerprint density at radius 2 is 1.81 bits per heavy atom. The Hall–Kier alpha value is -4.07. The second kappa shape index (κ2) is 8.35. The highest BCUT2D eigenvalue weighted by Crippen LogP contribution is 2.29. The molecule has 4 rings (SSSR count). The van der Waals surface area contributed by atoms with Crippen molar-refractivity contribution in [2.45, 2.75) is 6.92 Å². The SMILES string of the molecule is CCOc1nccc(/C=C/c2nc3ccccc3c(=O)n2-c2c(F)cccc2F)c1O. The second-order valence-electron chi connectivity index (χ2n) is 6.52. The van der Waals surface area contributed by atoms with Crippen LogP contribution < -0.4 is 10.3 Å². The number of nitrogens with zero attached hydrogens (tertiary/aromatic N) is 3. The quantitative estimate of drug-likeness (QED) is 0.519. The van der Waals surface area contributed by atoms with Crippen molar-refractivity contribution in [1.29, 1.82) is 0 Å². The van der Waals surface area contributed by atoms with Gasteiger partial charge in [-0.3, -0.25) is 9.36 Å². The van der Waals surface area contributed by atoms with Gasteiger partial charge >= 0.3 is 0 Å². The van der Waals surface area contributed by atoms with Gasteiger partial charge in [0.05, 0.1) is 17.5 Å². The molecule has 0 atom stereocenters. The van der Waals surface area contributed by atoms with Crippen LogP contribution >= 0.6 is 0 Å². The molecule has 0 saturated heterocycles. The summed E-state index contributed by atoms with van der Waals surface area (Å²) in [7, 11) is 0. The number of halogens is 2. The van der Waals surface area contributed by atoms with E-state index in [9.17, 15) is 18.7 Å². The van der Waals surface area contributed by atoms with Crippen molar-refractivity contribution in [3.63, 3.8) is 0 Å². The summed E-state index contributed by atoms with van der Waals surface area (Å²) in [6.07, 6.45) is 4.30. The van der Waals surface area contributed by atoms with Crippen LogP contribution in [0, 0.1) is 11.6 Å². The first kappa shape index (κ1) is 20.2. The largest absolute Gasteiger partial charge is 0.503 e. The van der Waals surface area contributed by atoms with Crippen LogP contribution in [0.1, 0.15) is 18.3 Å². The summed E-state index contributed by atoms with van der Waals surface area (Å²) in [6.45, 7) is 2.07. The van der Waals surface area contributed by atoms with Gasteiger partial charge in [-0.15, -0.1) is 0 Å². The molecule has 31 heavy (non-hydrogen) atoms. The Bertz CT molecular complexity index is 1350. The van der Waals surface area contributed by atoms with E-state index in [4.69, 9.17) is 4.74 Å². The van der Waals surface area contributed by atoms with Crippen molar-refractivity contribution >= 4 is 23.1 Å². The van der Waals surface area contributed by atoms with Gasteiger partial charge in [-0.2, -0.15) is 0 Å². The lowest BCUT2D eigenvalue weighted by molar-refractivity contribution is 0.304. The molecule has 0 saturated carbocycles. The number of hydrogen-bond acceptors (Lipinski definition) is 5. The van der Waals surface area contributed by atoms with Gasteiger partial charge in [0.2, 0.25) is 0 Å². The van der Waals surface area contributed by atoms with Crippen LogP contribution in [-0.4, -0.2) is 26.2 Å². The Morgan fingerprint density at radius 1 is 1.06 bits per heavy atom. The molecule has 0 fully saturated rings. The molecule has 2 heterocycles. The van der Waals surface area contributed by atoms with Crippen molar-refractivity contribution in [1.82, 2.24) is 14.5 Å². The topological polar surface area (TPSA) is 77.2 Å². The van der Waals surface area contributed by atoms with E-state index < -0.39 is 22.9 Å². The van der Waals surface area contributed by atoms with E-state index in [1.165, 1.54) is 36.5 Å². The third kappa shape index (κ3) is 3.75. The molecule has 0 aliphatic rings. The molecule has 0 radical (unpaired) electrons. The number of aromatic nitrogens is 3. The fourth-order valence-electron chi connectivity index (χ4n) is 3.17. The van der Waals surface area contributed by atoms with Crippen LogP contribution in [0.25, 0.3) is 28.7 Å². The minimum absolute atomic E-state index is 0.0122. The van der Waals surface area contributed by atoms with Crippen molar-refractivity contribution in [3.8, 4) is 17.3 Å². The van der Waals surface area contributed by atoms with Gasteiger partial charge in [0.15, 0.2) is 5.75 Å². The Kier molecular flexibility index (Phi) is 5.44. The molecule has 2 aromatic carbocycles. The number of aromatic hydroxyl groups is 1. The van der Waals surface area contributed by atoms with Crippen LogP contribution in [-0.2, 0) is 0 Å². The third-order valence-corrected chi connectivity index (χ3v) is 4.58. The molecule has 1 N–H and O–H groups in total. The summed E-state index contributed by atoms with van der Waals surface area (Å²) in [5.41, 5.74) is -0.446. The van der Waals surface area contributed by atoms with Crippen molar-refractivity contribution < 1.29 is 18.6 Å². The van der Waals surface area contributed by atoms with Gasteiger partial charge in [-0.05, 0) is 49.4 Å². The highest BCUT2D eigenvalue weighted by atomic mass is 19.1. The predicted octanol–water partition coefficient (Wildman–Crippen LogP) is 4.33. The maximum absolute atomic E-state index is 14.5. The molecule has 0 bridgehead atoms. The highest BCUT2D eigenvalue weighted by molar-refractivity contribution is 5.80. The monoisotopic (exact) mass is 421 g/mol. The number of para-hydroxylation sites is 2. The zero-order chi connectivity index (χ0) is 22.0. The predicted molar refractivity (Wildman–Crippen MR) is 113 cm³/mol. The molecule has 8 heteroatoms. The molecule has 0 aliphatic carbocycles. The van der Waals surface area contributed by atoms with Crippen LogP contribution in [0.5, 0.6) is 11.6 Å². The molecule has 6 nitrogen and oxygen atoms in total. The van der Waals surface area contributed by atoms with E-state index in [0.717, 1.165) is 16.7 Å². The molecule has 156 valence electrons. The molecule has 0 aliphatic heterocycles. The van der Waals surface area contributed by atoms with E-state index in [1.54, 1.807) is 25.1 Å². The van der Waals surface area contributed by atoms with Crippen molar-refractivity contribution in [2.24, 2.45) is 0 Å². The summed E-state index contributed by atoms with van der Waals surface area (Å²) in [5.74, 6) is -1.97. The lowest BCUT2D eigenvalue weighted by atomic mass is 10.2. The van der Waals surface area contributed by atoms with E-state index in [1.807, 2.05) is 0 Å². The number of ether oxygens (including phenoxy) is 1. The molecule has 4 aromatic rings. The van der Waals surface area contributed by atoms with Gasteiger partial charge in [-0.25, -0.2) is 18.7 Å². The van der Waals surface area contributed by atoms with Crippen LogP contribution in [0.4, 0.5) is 8.78 Å². The van der Waals surface area contributed by atoms with E-state index in [-0.39, 0.29) is 22.8 Å². The fraction of sp³-hybridized carbons (Fsp3) is 0.0870. The van der Waals surface area contributed by atoms with Gasteiger partial charge in [0, 0.05) is 11.8 Å². The van der Waals surface area contributed by atoms with Gasteiger partial charge in [-0.1, -0.05) is 18.2 Å². The molecular weight excluding hydrogens is 404 g/mol. The van der Waals surface area contributed by atoms with Gasteiger partial charge in [0.1, 0.15) is 23.1 Å². The molecule has 0 amide bonds. The average molecular weight is 421 g/mol. The maximum atomic E-state index is 14.5. The minimum atomic E-state index is -0.903. The zero-order valence-electron chi connectivity index (χ0n) is 16.4. The summed E-state index contributed by atoms with van der Waals surface area (Å²) >= 11 is 0. The number of pyridine rings is 1. The average Bonchev–Trinajstić information content (AvgIpc) is 2.76. The van der Waals surface area contributed by atoms with E-state index in [2.05, 4.69) is 9.97 Å². The summed E-state index contributed by atoms with van der Waals surface area (Å²) in [4.78, 5) is 21.5. The Labute approximate surface area is 175 Å². The molecular formula is C23H17F2N3O3. The summed E-state index contributed by atoms with van der Waals surface area (Å²) in [5, 5.41) is 10.6. The lowest BCUT2D eigenvalue weighted by Crippen LogP contribution is -2.24. The fourth-order valence-corrected chi connectivity index (χ4v) is 3.17. The minimum Gasteiger partial charge on any atom is -0.503 e. The molecule has 0 unspecified atom stereocenters. The number of fused-ring (bicyclic) bond motifs is 1. The smallest absolute Gasteiger partial charge is 0.266 e. The first-order valence-electron chi connectivity index (χ1n) is 9.46. The first-order valence-corrected chi connectivity index (χ1v) is 9.46. The number of rotatable bonds is 5. The number of hydrogen-bond donors (Lipinski definition) is 1. The second-order valence-corrected chi connectivity index (χ2v) is 6.52.